The summed E-state index contributed by atoms with van der Waals surface area (Å²) in [5, 5.41) is 0. The zero-order valence-electron chi connectivity index (χ0n) is 16.0. The van der Waals surface area contributed by atoms with Crippen LogP contribution in [0.3, 0.4) is 0 Å². The summed E-state index contributed by atoms with van der Waals surface area (Å²) in [5.41, 5.74) is 3.72. The predicted octanol–water partition coefficient (Wildman–Crippen LogP) is 3.53. The van der Waals surface area contributed by atoms with Gasteiger partial charge in [0, 0.05) is 43.4 Å². The van der Waals surface area contributed by atoms with Gasteiger partial charge in [0.15, 0.2) is 11.5 Å². The van der Waals surface area contributed by atoms with Gasteiger partial charge in [-0.05, 0) is 30.5 Å². The van der Waals surface area contributed by atoms with E-state index in [1.54, 1.807) is 0 Å². The third kappa shape index (κ3) is 2.42. The van der Waals surface area contributed by atoms with Gasteiger partial charge < -0.3 is 23.8 Å². The molecule has 146 valence electrons. The molecule has 2 aromatic rings. The lowest BCUT2D eigenvalue weighted by molar-refractivity contribution is 0.115. The van der Waals surface area contributed by atoms with E-state index in [9.17, 15) is 0 Å². The third-order valence-corrected chi connectivity index (χ3v) is 6.51. The van der Waals surface area contributed by atoms with Crippen molar-refractivity contribution in [2.24, 2.45) is 0 Å². The quantitative estimate of drug-likeness (QED) is 0.798. The molecule has 5 heteroatoms. The second-order valence-electron chi connectivity index (χ2n) is 8.25. The van der Waals surface area contributed by atoms with Gasteiger partial charge in [-0.15, -0.1) is 0 Å². The van der Waals surface area contributed by atoms with Gasteiger partial charge in [-0.25, -0.2) is 0 Å². The highest BCUT2D eigenvalue weighted by Crippen LogP contribution is 2.54. The molecule has 5 nitrogen and oxygen atoms in total. The molecule has 2 atom stereocenters. The van der Waals surface area contributed by atoms with Gasteiger partial charge in [-0.3, -0.25) is 0 Å². The van der Waals surface area contributed by atoms with Crippen molar-refractivity contribution in [2.45, 2.75) is 30.8 Å². The molecule has 4 heterocycles. The van der Waals surface area contributed by atoms with Crippen molar-refractivity contribution in [3.63, 3.8) is 0 Å². The van der Waals surface area contributed by atoms with Gasteiger partial charge in [0.05, 0.1) is 24.7 Å². The number of nitrogens with zero attached hydrogens (tertiary/aromatic N) is 1. The predicted molar refractivity (Wildman–Crippen MR) is 106 cm³/mol. The van der Waals surface area contributed by atoms with E-state index in [1.165, 1.54) is 23.2 Å². The maximum absolute atomic E-state index is 6.22. The van der Waals surface area contributed by atoms with E-state index in [1.807, 2.05) is 6.07 Å². The van der Waals surface area contributed by atoms with Gasteiger partial charge in [-0.1, -0.05) is 18.2 Å². The minimum Gasteiger partial charge on any atom is -0.492 e. The van der Waals surface area contributed by atoms with E-state index in [0.717, 1.165) is 49.8 Å². The van der Waals surface area contributed by atoms with E-state index < -0.39 is 0 Å². The summed E-state index contributed by atoms with van der Waals surface area (Å²) >= 11 is 0. The molecule has 28 heavy (non-hydrogen) atoms. The molecule has 0 saturated carbocycles. The lowest BCUT2D eigenvalue weighted by Gasteiger charge is -2.27. The number of rotatable bonds is 2. The average molecular weight is 379 g/mol. The van der Waals surface area contributed by atoms with E-state index in [-0.39, 0.29) is 5.41 Å². The number of para-hydroxylation sites is 1. The van der Waals surface area contributed by atoms with E-state index in [4.69, 9.17) is 18.9 Å². The van der Waals surface area contributed by atoms with Gasteiger partial charge in [-0.2, -0.15) is 0 Å². The SMILES string of the molecule is c1ccc2c(c1)N(C[C@H]1CCCO1)CC21COc2cc3c(cc21)OCCCO3. The van der Waals surface area contributed by atoms with Crippen molar-refractivity contribution in [1.29, 1.82) is 0 Å². The molecule has 0 radical (unpaired) electrons. The normalized spacial score (nSPS) is 27.4. The highest BCUT2D eigenvalue weighted by Gasteiger charge is 2.50. The van der Waals surface area contributed by atoms with Crippen LogP contribution in [0.4, 0.5) is 5.69 Å². The van der Waals surface area contributed by atoms with E-state index in [2.05, 4.69) is 35.2 Å². The molecule has 0 aliphatic carbocycles. The van der Waals surface area contributed by atoms with Crippen LogP contribution in [0.25, 0.3) is 0 Å². The molecule has 1 saturated heterocycles. The Morgan fingerprint density at radius 1 is 0.893 bits per heavy atom. The molecule has 0 aromatic heterocycles. The number of ether oxygens (including phenoxy) is 4. The number of hydrogen-bond acceptors (Lipinski definition) is 5. The maximum atomic E-state index is 6.22. The van der Waals surface area contributed by atoms with Gasteiger partial charge in [0.25, 0.3) is 0 Å². The van der Waals surface area contributed by atoms with Crippen molar-refractivity contribution in [1.82, 2.24) is 0 Å². The number of hydrogen-bond donors (Lipinski definition) is 0. The molecule has 0 amide bonds. The van der Waals surface area contributed by atoms with Gasteiger partial charge in [0.1, 0.15) is 12.4 Å². The summed E-state index contributed by atoms with van der Waals surface area (Å²) < 4.78 is 24.0. The molecule has 0 bridgehead atoms. The zero-order valence-corrected chi connectivity index (χ0v) is 16.0. The Kier molecular flexibility index (Phi) is 3.73. The first-order chi connectivity index (χ1) is 13.8. The topological polar surface area (TPSA) is 40.2 Å². The molecule has 1 fully saturated rings. The second-order valence-corrected chi connectivity index (χ2v) is 8.25. The van der Waals surface area contributed by atoms with Crippen LogP contribution in [0, 0.1) is 0 Å². The molecular weight excluding hydrogens is 354 g/mol. The molecular formula is C23H25NO4. The van der Waals surface area contributed by atoms with E-state index >= 15 is 0 Å². The zero-order chi connectivity index (χ0) is 18.6. The van der Waals surface area contributed by atoms with Crippen LogP contribution in [-0.2, 0) is 10.2 Å². The average Bonchev–Trinajstić information content (AvgIpc) is 3.38. The Morgan fingerprint density at radius 3 is 2.61 bits per heavy atom. The highest BCUT2D eigenvalue weighted by molar-refractivity contribution is 5.70. The number of benzene rings is 2. The Labute approximate surface area is 165 Å². The first kappa shape index (κ1) is 16.5. The molecule has 4 aliphatic rings. The Hall–Kier alpha value is -2.40. The lowest BCUT2D eigenvalue weighted by Crippen LogP contribution is -2.39. The fourth-order valence-electron chi connectivity index (χ4n) is 5.16. The molecule has 0 N–H and O–H groups in total. The summed E-state index contributed by atoms with van der Waals surface area (Å²) in [4.78, 5) is 2.49. The fourth-order valence-corrected chi connectivity index (χ4v) is 5.16. The monoisotopic (exact) mass is 379 g/mol. The summed E-state index contributed by atoms with van der Waals surface area (Å²) in [6, 6.07) is 12.9. The van der Waals surface area contributed by atoms with Crippen LogP contribution in [0.2, 0.25) is 0 Å². The molecule has 2 aromatic carbocycles. The van der Waals surface area contributed by atoms with Crippen LogP contribution < -0.4 is 19.1 Å². The largest absolute Gasteiger partial charge is 0.492 e. The number of fused-ring (bicyclic) bond motifs is 5. The smallest absolute Gasteiger partial charge is 0.164 e. The minimum atomic E-state index is -0.158. The third-order valence-electron chi connectivity index (χ3n) is 6.51. The molecule has 6 rings (SSSR count). The molecule has 1 unspecified atom stereocenters. The van der Waals surface area contributed by atoms with Gasteiger partial charge in [0.2, 0.25) is 0 Å². The van der Waals surface area contributed by atoms with Crippen LogP contribution >= 0.6 is 0 Å². The van der Waals surface area contributed by atoms with Crippen molar-refractivity contribution in [2.75, 3.05) is 44.4 Å². The van der Waals surface area contributed by atoms with Crippen molar-refractivity contribution in [3.8, 4) is 17.2 Å². The molecule has 4 aliphatic heterocycles. The van der Waals surface area contributed by atoms with Crippen LogP contribution in [-0.4, -0.2) is 45.6 Å². The Bertz CT molecular complexity index is 907. The lowest BCUT2D eigenvalue weighted by atomic mass is 9.77. The number of anilines is 1. The standard InChI is InChI=1S/C23H25NO4/c1-2-7-19-17(6-1)23(14-24(19)13-16-5-3-8-25-16)15-28-20-12-22-21(11-18(20)23)26-9-4-10-27-22/h1-2,6-7,11-12,16H,3-5,8-10,13-15H2/t16-,23?/m1/s1. The molecule has 1 spiro atoms. The summed E-state index contributed by atoms with van der Waals surface area (Å²) in [5.74, 6) is 2.57. The van der Waals surface area contributed by atoms with Crippen LogP contribution in [0.5, 0.6) is 17.2 Å². The van der Waals surface area contributed by atoms with Crippen molar-refractivity contribution >= 4 is 5.69 Å². The Morgan fingerprint density at radius 2 is 1.75 bits per heavy atom. The highest BCUT2D eigenvalue weighted by atomic mass is 16.5. The van der Waals surface area contributed by atoms with Crippen molar-refractivity contribution < 1.29 is 18.9 Å². The van der Waals surface area contributed by atoms with Gasteiger partial charge >= 0.3 is 0 Å². The first-order valence-corrected chi connectivity index (χ1v) is 10.4. The fraction of sp³-hybridized carbons (Fsp3) is 0.478. The maximum Gasteiger partial charge on any atom is 0.164 e. The first-order valence-electron chi connectivity index (χ1n) is 10.4. The van der Waals surface area contributed by atoms with Crippen molar-refractivity contribution in [3.05, 3.63) is 47.5 Å². The van der Waals surface area contributed by atoms with Crippen LogP contribution in [0.15, 0.2) is 36.4 Å². The summed E-state index contributed by atoms with van der Waals surface area (Å²) in [7, 11) is 0. The second kappa shape index (κ2) is 6.31. The Balaban J connectivity index is 1.42. The summed E-state index contributed by atoms with van der Waals surface area (Å²) in [6.07, 6.45) is 3.55. The van der Waals surface area contributed by atoms with Crippen LogP contribution in [0.1, 0.15) is 30.4 Å². The minimum absolute atomic E-state index is 0.158. The summed E-state index contributed by atoms with van der Waals surface area (Å²) in [6.45, 7) is 4.79. The van der Waals surface area contributed by atoms with E-state index in [0.29, 0.717) is 25.9 Å².